The highest BCUT2D eigenvalue weighted by Crippen LogP contribution is 2.30. The Bertz CT molecular complexity index is 1060. The molecule has 0 aliphatic carbocycles. The van der Waals surface area contributed by atoms with Crippen molar-refractivity contribution < 1.29 is 23.6 Å². The number of nitrogens with zero attached hydrogens (tertiary/aromatic N) is 2. The zero-order valence-electron chi connectivity index (χ0n) is 16.2. The second kappa shape index (κ2) is 7.50. The molecular formula is C22H20N2O5. The van der Waals surface area contributed by atoms with Gasteiger partial charge in [-0.15, -0.1) is 0 Å². The van der Waals surface area contributed by atoms with Crippen molar-refractivity contribution in [3.8, 4) is 0 Å². The molecule has 7 heteroatoms. The van der Waals surface area contributed by atoms with Gasteiger partial charge in [-0.05, 0) is 37.8 Å². The number of hydrogen-bond acceptors (Lipinski definition) is 6. The molecule has 1 aliphatic rings. The first-order valence-corrected chi connectivity index (χ1v) is 9.42. The van der Waals surface area contributed by atoms with E-state index in [0.717, 1.165) is 10.9 Å². The maximum absolute atomic E-state index is 12.8. The van der Waals surface area contributed by atoms with E-state index in [1.165, 1.54) is 4.90 Å². The van der Waals surface area contributed by atoms with E-state index < -0.39 is 5.97 Å². The lowest BCUT2D eigenvalue weighted by Crippen LogP contribution is -2.41. The smallest absolute Gasteiger partial charge is 0.306 e. The fourth-order valence-corrected chi connectivity index (χ4v) is 3.60. The summed E-state index contributed by atoms with van der Waals surface area (Å²) in [6, 6.07) is 10.8. The number of carbonyl (C=O) groups is 3. The molecule has 0 bridgehead atoms. The number of aryl methyl sites for hydroxylation is 2. The van der Waals surface area contributed by atoms with Gasteiger partial charge in [0, 0.05) is 29.5 Å². The molecule has 0 N–H and O–H groups in total. The molecule has 0 spiro atoms. The summed E-state index contributed by atoms with van der Waals surface area (Å²) in [7, 11) is 0. The molecule has 0 fully saturated rings. The SMILES string of the molecule is Cc1noc(C)c1COC(=O)CCCN1C(=O)c2cccc3cccc(c23)C1=O. The van der Waals surface area contributed by atoms with Crippen LogP contribution in [-0.4, -0.2) is 34.4 Å². The third-order valence-corrected chi connectivity index (χ3v) is 5.18. The molecule has 7 nitrogen and oxygen atoms in total. The molecule has 0 atom stereocenters. The molecule has 0 unspecified atom stereocenters. The number of hydrogen-bond donors (Lipinski definition) is 0. The van der Waals surface area contributed by atoms with Crippen LogP contribution in [-0.2, 0) is 16.1 Å². The minimum atomic E-state index is -0.399. The van der Waals surface area contributed by atoms with Crippen LogP contribution in [0.3, 0.4) is 0 Å². The highest BCUT2D eigenvalue weighted by Gasteiger charge is 2.32. The van der Waals surface area contributed by atoms with E-state index in [0.29, 0.717) is 34.4 Å². The molecule has 29 heavy (non-hydrogen) atoms. The highest BCUT2D eigenvalue weighted by molar-refractivity contribution is 6.25. The Labute approximate surface area is 167 Å². The Morgan fingerprint density at radius 1 is 1.07 bits per heavy atom. The van der Waals surface area contributed by atoms with Crippen molar-refractivity contribution in [1.29, 1.82) is 0 Å². The number of amides is 2. The maximum atomic E-state index is 12.8. The number of ether oxygens (including phenoxy) is 1. The van der Waals surface area contributed by atoms with Crippen LogP contribution >= 0.6 is 0 Å². The Balaban J connectivity index is 1.38. The number of rotatable bonds is 6. The number of benzene rings is 2. The average molecular weight is 392 g/mol. The van der Waals surface area contributed by atoms with Crippen molar-refractivity contribution in [3.05, 3.63) is 64.5 Å². The first kappa shape index (κ1) is 18.9. The van der Waals surface area contributed by atoms with Crippen LogP contribution in [0, 0.1) is 13.8 Å². The van der Waals surface area contributed by atoms with Crippen molar-refractivity contribution in [2.75, 3.05) is 6.54 Å². The zero-order chi connectivity index (χ0) is 20.5. The van der Waals surface area contributed by atoms with Gasteiger partial charge in [-0.2, -0.15) is 0 Å². The third-order valence-electron chi connectivity index (χ3n) is 5.18. The summed E-state index contributed by atoms with van der Waals surface area (Å²) in [6.07, 6.45) is 0.433. The Morgan fingerprint density at radius 2 is 1.72 bits per heavy atom. The molecule has 1 aliphatic heterocycles. The molecule has 3 aromatic rings. The Hall–Kier alpha value is -3.48. The summed E-state index contributed by atoms with van der Waals surface area (Å²) < 4.78 is 10.3. The number of imide groups is 1. The monoisotopic (exact) mass is 392 g/mol. The molecule has 2 amide bonds. The second-order valence-corrected chi connectivity index (χ2v) is 7.04. The lowest BCUT2D eigenvalue weighted by Gasteiger charge is -2.27. The molecule has 148 valence electrons. The minimum absolute atomic E-state index is 0.0942. The van der Waals surface area contributed by atoms with Gasteiger partial charge in [-0.3, -0.25) is 19.3 Å². The maximum Gasteiger partial charge on any atom is 0.306 e. The van der Waals surface area contributed by atoms with Gasteiger partial charge in [0.05, 0.1) is 11.3 Å². The second-order valence-electron chi connectivity index (χ2n) is 7.04. The number of aromatic nitrogens is 1. The summed E-state index contributed by atoms with van der Waals surface area (Å²) in [4.78, 5) is 38.9. The highest BCUT2D eigenvalue weighted by atomic mass is 16.5. The molecule has 0 saturated heterocycles. The molecule has 1 aromatic heterocycles. The summed E-state index contributed by atoms with van der Waals surface area (Å²) in [5.74, 6) is -0.441. The van der Waals surface area contributed by atoms with Crippen LogP contribution in [0.5, 0.6) is 0 Å². The third kappa shape index (κ3) is 3.40. The lowest BCUT2D eigenvalue weighted by molar-refractivity contribution is -0.145. The van der Waals surface area contributed by atoms with E-state index >= 15 is 0 Å². The lowest BCUT2D eigenvalue weighted by atomic mass is 9.94. The summed E-state index contributed by atoms with van der Waals surface area (Å²) in [6.45, 7) is 3.79. The molecule has 2 heterocycles. The van der Waals surface area contributed by atoms with E-state index in [2.05, 4.69) is 5.16 Å². The first-order chi connectivity index (χ1) is 14.0. The van der Waals surface area contributed by atoms with Crippen LogP contribution in [0.15, 0.2) is 40.9 Å². The fourth-order valence-electron chi connectivity index (χ4n) is 3.60. The standard InChI is InChI=1S/C22H20N2O5/c1-13-18(14(2)29-23-13)12-28-19(25)10-5-11-24-21(26)16-8-3-6-15-7-4-9-17(20(15)16)22(24)27/h3-4,6-9H,5,10-12H2,1-2H3. The summed E-state index contributed by atoms with van der Waals surface area (Å²) in [5, 5.41) is 5.38. The molecule has 4 rings (SSSR count). The van der Waals surface area contributed by atoms with E-state index in [1.54, 1.807) is 38.1 Å². The minimum Gasteiger partial charge on any atom is -0.461 e. The average Bonchev–Trinajstić information content (AvgIpc) is 3.04. The largest absolute Gasteiger partial charge is 0.461 e. The molecule has 2 aromatic carbocycles. The topological polar surface area (TPSA) is 89.7 Å². The van der Waals surface area contributed by atoms with Crippen molar-refractivity contribution in [2.45, 2.75) is 33.3 Å². The summed E-state index contributed by atoms with van der Waals surface area (Å²) >= 11 is 0. The van der Waals surface area contributed by atoms with E-state index in [1.807, 2.05) is 12.1 Å². The normalized spacial score (nSPS) is 13.2. The molecular weight excluding hydrogens is 372 g/mol. The van der Waals surface area contributed by atoms with Gasteiger partial charge in [0.15, 0.2) is 0 Å². The quantitative estimate of drug-likeness (QED) is 0.471. The van der Waals surface area contributed by atoms with E-state index in [4.69, 9.17) is 9.26 Å². The first-order valence-electron chi connectivity index (χ1n) is 9.42. The fraction of sp³-hybridized carbons (Fsp3) is 0.273. The van der Waals surface area contributed by atoms with Crippen LogP contribution < -0.4 is 0 Å². The van der Waals surface area contributed by atoms with Crippen molar-refractivity contribution >= 4 is 28.6 Å². The van der Waals surface area contributed by atoms with Crippen molar-refractivity contribution in [3.63, 3.8) is 0 Å². The van der Waals surface area contributed by atoms with E-state index in [9.17, 15) is 14.4 Å². The predicted octanol–water partition coefficient (Wildman–Crippen LogP) is 3.56. The van der Waals surface area contributed by atoms with Crippen molar-refractivity contribution in [1.82, 2.24) is 10.1 Å². The van der Waals surface area contributed by atoms with Crippen molar-refractivity contribution in [2.24, 2.45) is 0 Å². The van der Waals surface area contributed by atoms with Gasteiger partial charge in [-0.25, -0.2) is 0 Å². The van der Waals surface area contributed by atoms with Crippen LogP contribution in [0.2, 0.25) is 0 Å². The Morgan fingerprint density at radius 3 is 2.31 bits per heavy atom. The van der Waals surface area contributed by atoms with Crippen LogP contribution in [0.1, 0.15) is 50.6 Å². The van der Waals surface area contributed by atoms with Gasteiger partial charge in [0.1, 0.15) is 12.4 Å². The number of carbonyl (C=O) groups excluding carboxylic acids is 3. The Kier molecular flexibility index (Phi) is 4.88. The van der Waals surface area contributed by atoms with Gasteiger partial charge in [0.25, 0.3) is 11.8 Å². The zero-order valence-corrected chi connectivity index (χ0v) is 16.2. The van der Waals surface area contributed by atoms with Gasteiger partial charge < -0.3 is 9.26 Å². The summed E-state index contributed by atoms with van der Waals surface area (Å²) in [5.41, 5.74) is 2.47. The van der Waals surface area contributed by atoms with Gasteiger partial charge >= 0.3 is 5.97 Å². The van der Waals surface area contributed by atoms with Crippen LogP contribution in [0.4, 0.5) is 0 Å². The predicted molar refractivity (Wildman–Crippen MR) is 104 cm³/mol. The molecule has 0 saturated carbocycles. The van der Waals surface area contributed by atoms with E-state index in [-0.39, 0.29) is 31.4 Å². The van der Waals surface area contributed by atoms with Gasteiger partial charge in [0.2, 0.25) is 0 Å². The molecule has 0 radical (unpaired) electrons. The van der Waals surface area contributed by atoms with Gasteiger partial charge in [-0.1, -0.05) is 29.4 Å². The number of esters is 1. The van der Waals surface area contributed by atoms with Crippen LogP contribution in [0.25, 0.3) is 10.8 Å².